The van der Waals surface area contributed by atoms with Crippen molar-refractivity contribution in [2.45, 2.75) is 52.1 Å². The predicted octanol–water partition coefficient (Wildman–Crippen LogP) is 2.06. The fourth-order valence-electron chi connectivity index (χ4n) is 1.39. The third-order valence-corrected chi connectivity index (χ3v) is 2.29. The zero-order valence-corrected chi connectivity index (χ0v) is 8.05. The van der Waals surface area contributed by atoms with Crippen molar-refractivity contribution >= 4 is 6.29 Å². The van der Waals surface area contributed by atoms with Gasteiger partial charge in [0.05, 0.1) is 6.10 Å². The summed E-state index contributed by atoms with van der Waals surface area (Å²) in [6.45, 7) is 4.18. The largest absolute Gasteiger partial charge is 0.392 e. The van der Waals surface area contributed by atoms with Gasteiger partial charge in [-0.05, 0) is 12.3 Å². The first-order valence-electron chi connectivity index (χ1n) is 4.79. The summed E-state index contributed by atoms with van der Waals surface area (Å²) in [6, 6.07) is 0. The quantitative estimate of drug-likeness (QED) is 0.636. The molecule has 0 rings (SSSR count). The molecule has 2 atom stereocenters. The molecule has 0 heterocycles. The third-order valence-electron chi connectivity index (χ3n) is 2.29. The lowest BCUT2D eigenvalue weighted by Gasteiger charge is -2.18. The highest BCUT2D eigenvalue weighted by Gasteiger charge is 2.15. The maximum Gasteiger partial charge on any atom is 0.201 e. The molecule has 12 heavy (non-hydrogen) atoms. The monoisotopic (exact) mass is 171 g/mol. The summed E-state index contributed by atoms with van der Waals surface area (Å²) >= 11 is 0. The Balaban J connectivity index is 3.69. The number of carbonyl (C=O) groups excluding carboxylic acids is 1. The van der Waals surface area contributed by atoms with Crippen LogP contribution in [-0.4, -0.2) is 17.5 Å². The van der Waals surface area contributed by atoms with Gasteiger partial charge < -0.3 is 5.11 Å². The lowest BCUT2D eigenvalue weighted by Crippen LogP contribution is -2.20. The summed E-state index contributed by atoms with van der Waals surface area (Å²) in [5.74, 6) is 0.284. The Kier molecular flexibility index (Phi) is 7.06. The summed E-state index contributed by atoms with van der Waals surface area (Å²) in [4.78, 5) is 10.0. The second-order valence-electron chi connectivity index (χ2n) is 3.23. The molecule has 0 spiro atoms. The Morgan fingerprint density at radius 2 is 2.08 bits per heavy atom. The highest BCUT2D eigenvalue weighted by molar-refractivity contribution is 5.51. The van der Waals surface area contributed by atoms with Crippen LogP contribution in [0.5, 0.6) is 0 Å². The Morgan fingerprint density at radius 3 is 2.50 bits per heavy atom. The van der Waals surface area contributed by atoms with Crippen molar-refractivity contribution < 1.29 is 9.90 Å². The van der Waals surface area contributed by atoms with Gasteiger partial charge in [-0.25, -0.2) is 0 Å². The van der Waals surface area contributed by atoms with Crippen LogP contribution in [0.3, 0.4) is 0 Å². The van der Waals surface area contributed by atoms with E-state index in [1.807, 2.05) is 6.92 Å². The molecule has 0 saturated carbocycles. The van der Waals surface area contributed by atoms with Gasteiger partial charge in [0.2, 0.25) is 6.29 Å². The standard InChI is InChI=1S/C10H19O2/c1-3-5-6-9(4-2)10(12)7-8-11/h9-10,12H,3-7H2,1-2H3. The van der Waals surface area contributed by atoms with Crippen LogP contribution in [0.25, 0.3) is 0 Å². The minimum Gasteiger partial charge on any atom is -0.392 e. The molecule has 2 unspecified atom stereocenters. The van der Waals surface area contributed by atoms with Crippen LogP contribution in [0.4, 0.5) is 0 Å². The van der Waals surface area contributed by atoms with Crippen molar-refractivity contribution in [1.82, 2.24) is 0 Å². The van der Waals surface area contributed by atoms with Gasteiger partial charge >= 0.3 is 0 Å². The molecule has 0 saturated heterocycles. The first-order chi connectivity index (χ1) is 5.76. The van der Waals surface area contributed by atoms with Crippen LogP contribution in [0.2, 0.25) is 0 Å². The van der Waals surface area contributed by atoms with Gasteiger partial charge in [-0.15, -0.1) is 0 Å². The van der Waals surface area contributed by atoms with E-state index in [4.69, 9.17) is 0 Å². The SMILES string of the molecule is CCCCC(CC)C(O)C[C]=O. The number of hydrogen-bond acceptors (Lipinski definition) is 2. The van der Waals surface area contributed by atoms with Gasteiger partial charge in [0, 0.05) is 6.42 Å². The van der Waals surface area contributed by atoms with Crippen molar-refractivity contribution in [2.75, 3.05) is 0 Å². The zero-order chi connectivity index (χ0) is 9.40. The molecule has 0 bridgehead atoms. The molecule has 2 nitrogen and oxygen atoms in total. The predicted molar refractivity (Wildman–Crippen MR) is 49.6 cm³/mol. The zero-order valence-electron chi connectivity index (χ0n) is 8.05. The van der Waals surface area contributed by atoms with Crippen LogP contribution in [0.15, 0.2) is 0 Å². The minimum absolute atomic E-state index is 0.169. The van der Waals surface area contributed by atoms with E-state index >= 15 is 0 Å². The molecule has 0 aliphatic carbocycles. The van der Waals surface area contributed by atoms with E-state index < -0.39 is 6.10 Å². The molecule has 1 N–H and O–H groups in total. The Labute approximate surface area is 75.0 Å². The maximum absolute atomic E-state index is 10.0. The van der Waals surface area contributed by atoms with E-state index in [2.05, 4.69) is 6.92 Å². The van der Waals surface area contributed by atoms with E-state index in [-0.39, 0.29) is 12.3 Å². The second-order valence-corrected chi connectivity index (χ2v) is 3.23. The van der Waals surface area contributed by atoms with Crippen LogP contribution in [-0.2, 0) is 4.79 Å². The first-order valence-corrected chi connectivity index (χ1v) is 4.79. The minimum atomic E-state index is -0.473. The highest BCUT2D eigenvalue weighted by atomic mass is 16.3. The topological polar surface area (TPSA) is 37.3 Å². The highest BCUT2D eigenvalue weighted by Crippen LogP contribution is 2.18. The molecule has 0 aromatic carbocycles. The van der Waals surface area contributed by atoms with Crippen molar-refractivity contribution in [3.63, 3.8) is 0 Å². The van der Waals surface area contributed by atoms with Crippen molar-refractivity contribution in [3.05, 3.63) is 0 Å². The Bertz CT molecular complexity index is 112. The molecule has 0 aromatic rings. The summed E-state index contributed by atoms with van der Waals surface area (Å²) < 4.78 is 0. The van der Waals surface area contributed by atoms with Crippen molar-refractivity contribution in [2.24, 2.45) is 5.92 Å². The average molecular weight is 171 g/mol. The fourth-order valence-corrected chi connectivity index (χ4v) is 1.39. The maximum atomic E-state index is 10.0. The molecule has 0 amide bonds. The number of hydrogen-bond donors (Lipinski definition) is 1. The normalized spacial score (nSPS) is 15.6. The summed E-state index contributed by atoms with van der Waals surface area (Å²) in [6.07, 6.45) is 5.71. The van der Waals surface area contributed by atoms with Gasteiger partial charge in [0.25, 0.3) is 0 Å². The summed E-state index contributed by atoms with van der Waals surface area (Å²) in [5.41, 5.74) is 0. The van der Waals surface area contributed by atoms with E-state index in [1.165, 1.54) is 0 Å². The number of unbranched alkanes of at least 4 members (excludes halogenated alkanes) is 1. The van der Waals surface area contributed by atoms with Crippen molar-refractivity contribution in [1.29, 1.82) is 0 Å². The molecule has 1 radical (unpaired) electrons. The van der Waals surface area contributed by atoms with Crippen LogP contribution in [0, 0.1) is 5.92 Å². The molecule has 0 fully saturated rings. The van der Waals surface area contributed by atoms with Gasteiger partial charge in [0.15, 0.2) is 0 Å². The number of rotatable bonds is 7. The second kappa shape index (κ2) is 7.29. The van der Waals surface area contributed by atoms with Gasteiger partial charge in [-0.3, -0.25) is 4.79 Å². The lowest BCUT2D eigenvalue weighted by atomic mass is 9.92. The molecule has 0 aromatic heterocycles. The van der Waals surface area contributed by atoms with Gasteiger partial charge in [-0.1, -0.05) is 33.1 Å². The van der Waals surface area contributed by atoms with E-state index in [0.717, 1.165) is 25.7 Å². The molecule has 71 valence electrons. The van der Waals surface area contributed by atoms with Crippen LogP contribution in [0.1, 0.15) is 46.0 Å². The molecular formula is C10H19O2. The third kappa shape index (κ3) is 4.50. The average Bonchev–Trinajstić information content (AvgIpc) is 2.06. The van der Waals surface area contributed by atoms with Crippen molar-refractivity contribution in [3.8, 4) is 0 Å². The van der Waals surface area contributed by atoms with Crippen LogP contribution >= 0.6 is 0 Å². The lowest BCUT2D eigenvalue weighted by molar-refractivity contribution is 0.104. The fraction of sp³-hybridized carbons (Fsp3) is 0.900. The molecular weight excluding hydrogens is 152 g/mol. The van der Waals surface area contributed by atoms with E-state index in [1.54, 1.807) is 6.29 Å². The van der Waals surface area contributed by atoms with Gasteiger partial charge in [0.1, 0.15) is 0 Å². The smallest absolute Gasteiger partial charge is 0.201 e. The van der Waals surface area contributed by atoms with Gasteiger partial charge in [-0.2, -0.15) is 0 Å². The van der Waals surface area contributed by atoms with E-state index in [9.17, 15) is 9.90 Å². The molecule has 0 aliphatic rings. The number of aliphatic hydroxyl groups is 1. The summed E-state index contributed by atoms with van der Waals surface area (Å²) in [7, 11) is 0. The van der Waals surface area contributed by atoms with E-state index in [0.29, 0.717) is 0 Å². The molecule has 2 heteroatoms. The first kappa shape index (κ1) is 11.6. The Hall–Kier alpha value is -0.370. The summed E-state index contributed by atoms with van der Waals surface area (Å²) in [5, 5.41) is 9.47. The molecule has 0 aliphatic heterocycles. The van der Waals surface area contributed by atoms with Crippen LogP contribution < -0.4 is 0 Å². The number of aliphatic hydroxyl groups excluding tert-OH is 1. The Morgan fingerprint density at radius 1 is 1.42 bits per heavy atom.